The zero-order valence-corrected chi connectivity index (χ0v) is 11.6. The van der Waals surface area contributed by atoms with Crippen LogP contribution < -0.4 is 5.73 Å². The molecule has 2 atom stereocenters. The van der Waals surface area contributed by atoms with Gasteiger partial charge in [-0.1, -0.05) is 12.2 Å². The van der Waals surface area contributed by atoms with Crippen LogP contribution in [-0.2, 0) is 9.53 Å². The molecule has 0 spiro atoms. The molecule has 4 nitrogen and oxygen atoms in total. The first-order valence-electron chi connectivity index (χ1n) is 6.85. The molecule has 2 rings (SSSR count). The first-order chi connectivity index (χ1) is 8.66. The molecule has 2 fully saturated rings. The van der Waals surface area contributed by atoms with Gasteiger partial charge in [-0.15, -0.1) is 0 Å². The van der Waals surface area contributed by atoms with Gasteiger partial charge in [0, 0.05) is 25.6 Å². The van der Waals surface area contributed by atoms with Crippen molar-refractivity contribution in [3.8, 4) is 0 Å². The highest BCUT2D eigenvalue weighted by Gasteiger charge is 2.27. The smallest absolute Gasteiger partial charge is 0.225 e. The number of rotatable bonds is 3. The summed E-state index contributed by atoms with van der Waals surface area (Å²) in [7, 11) is 0. The molecular weight excluding hydrogens is 248 g/mol. The van der Waals surface area contributed by atoms with Crippen LogP contribution in [0.2, 0.25) is 0 Å². The number of carbonyl (C=O) groups is 1. The van der Waals surface area contributed by atoms with Crippen LogP contribution in [0, 0.1) is 5.92 Å². The Bertz CT molecular complexity index is 316. The molecule has 0 radical (unpaired) electrons. The molecule has 2 N–H and O–H groups in total. The summed E-state index contributed by atoms with van der Waals surface area (Å²) in [6.07, 6.45) is 5.96. The van der Waals surface area contributed by atoms with Gasteiger partial charge in [0.1, 0.15) is 0 Å². The first-order valence-corrected chi connectivity index (χ1v) is 7.26. The summed E-state index contributed by atoms with van der Waals surface area (Å²) in [5.41, 5.74) is 5.68. The van der Waals surface area contributed by atoms with E-state index in [4.69, 9.17) is 22.7 Å². The van der Waals surface area contributed by atoms with Crippen molar-refractivity contribution in [3.63, 3.8) is 0 Å². The summed E-state index contributed by atoms with van der Waals surface area (Å²) in [5.74, 6) is 0.396. The minimum absolute atomic E-state index is 0.122. The van der Waals surface area contributed by atoms with Gasteiger partial charge in [0.2, 0.25) is 5.91 Å². The molecule has 0 saturated carbocycles. The number of hydrogen-bond acceptors (Lipinski definition) is 3. The fourth-order valence-corrected chi connectivity index (χ4v) is 2.92. The minimum Gasteiger partial charge on any atom is -0.393 e. The molecule has 2 unspecified atom stereocenters. The van der Waals surface area contributed by atoms with Crippen molar-refractivity contribution in [1.29, 1.82) is 0 Å². The molecule has 0 aliphatic carbocycles. The van der Waals surface area contributed by atoms with E-state index < -0.39 is 0 Å². The molecule has 5 heteroatoms. The topological polar surface area (TPSA) is 55.6 Å². The highest BCUT2D eigenvalue weighted by molar-refractivity contribution is 7.80. The second-order valence-corrected chi connectivity index (χ2v) is 5.75. The van der Waals surface area contributed by atoms with Crippen molar-refractivity contribution >= 4 is 23.1 Å². The number of thiocarbonyl (C=S) groups is 1. The maximum atomic E-state index is 12.2. The second kappa shape index (κ2) is 6.48. The average Bonchev–Trinajstić information content (AvgIpc) is 2.40. The lowest BCUT2D eigenvalue weighted by Crippen LogP contribution is -2.44. The lowest BCUT2D eigenvalue weighted by molar-refractivity contribution is -0.136. The normalized spacial score (nSPS) is 29.0. The van der Waals surface area contributed by atoms with Crippen LogP contribution >= 0.6 is 12.2 Å². The monoisotopic (exact) mass is 270 g/mol. The van der Waals surface area contributed by atoms with E-state index in [1.165, 1.54) is 6.42 Å². The summed E-state index contributed by atoms with van der Waals surface area (Å²) < 4.78 is 5.62. The van der Waals surface area contributed by atoms with E-state index in [0.29, 0.717) is 18.0 Å². The Morgan fingerprint density at radius 2 is 2.17 bits per heavy atom. The number of amides is 1. The zero-order valence-electron chi connectivity index (χ0n) is 10.8. The largest absolute Gasteiger partial charge is 0.393 e. The van der Waals surface area contributed by atoms with E-state index >= 15 is 0 Å². The quantitative estimate of drug-likeness (QED) is 0.789. The van der Waals surface area contributed by atoms with E-state index in [-0.39, 0.29) is 17.9 Å². The van der Waals surface area contributed by atoms with Crippen molar-refractivity contribution in [1.82, 2.24) is 4.90 Å². The van der Waals surface area contributed by atoms with E-state index in [0.717, 1.165) is 38.8 Å². The molecule has 18 heavy (non-hydrogen) atoms. The highest BCUT2D eigenvalue weighted by Crippen LogP contribution is 2.20. The molecule has 2 heterocycles. The highest BCUT2D eigenvalue weighted by atomic mass is 32.1. The van der Waals surface area contributed by atoms with Crippen LogP contribution in [0.1, 0.15) is 38.5 Å². The predicted octanol–water partition coefficient (Wildman–Crippen LogP) is 1.47. The predicted molar refractivity (Wildman–Crippen MR) is 74.3 cm³/mol. The number of hydrogen-bond donors (Lipinski definition) is 1. The van der Waals surface area contributed by atoms with E-state index in [2.05, 4.69) is 0 Å². The van der Waals surface area contributed by atoms with Gasteiger partial charge in [0.15, 0.2) is 0 Å². The molecule has 102 valence electrons. The Morgan fingerprint density at radius 1 is 1.33 bits per heavy atom. The van der Waals surface area contributed by atoms with E-state index in [1.807, 2.05) is 4.90 Å². The maximum Gasteiger partial charge on any atom is 0.225 e. The fraction of sp³-hybridized carbons (Fsp3) is 0.846. The minimum atomic E-state index is 0.122. The van der Waals surface area contributed by atoms with Crippen molar-refractivity contribution in [3.05, 3.63) is 0 Å². The Hall–Kier alpha value is -0.680. The molecule has 2 aliphatic heterocycles. The van der Waals surface area contributed by atoms with Gasteiger partial charge in [-0.2, -0.15) is 0 Å². The average molecular weight is 270 g/mol. The zero-order chi connectivity index (χ0) is 13.0. The number of nitrogens with two attached hydrogens (primary N) is 1. The number of ether oxygens (including phenoxy) is 1. The van der Waals surface area contributed by atoms with Crippen molar-refractivity contribution in [2.75, 3.05) is 19.7 Å². The lowest BCUT2D eigenvalue weighted by Gasteiger charge is -2.33. The first kappa shape index (κ1) is 13.7. The lowest BCUT2D eigenvalue weighted by atomic mass is 9.97. The van der Waals surface area contributed by atoms with Gasteiger partial charge >= 0.3 is 0 Å². The molecule has 1 amide bonds. The van der Waals surface area contributed by atoms with Crippen LogP contribution in [-0.4, -0.2) is 41.6 Å². The van der Waals surface area contributed by atoms with Gasteiger partial charge in [-0.05, 0) is 32.1 Å². The van der Waals surface area contributed by atoms with Crippen molar-refractivity contribution in [2.24, 2.45) is 11.7 Å². The van der Waals surface area contributed by atoms with Gasteiger partial charge in [-0.3, -0.25) is 4.79 Å². The van der Waals surface area contributed by atoms with Gasteiger partial charge in [-0.25, -0.2) is 0 Å². The molecular formula is C13H22N2O2S. The maximum absolute atomic E-state index is 12.2. The van der Waals surface area contributed by atoms with E-state index in [1.54, 1.807) is 0 Å². The van der Waals surface area contributed by atoms with Crippen LogP contribution in [0.4, 0.5) is 0 Å². The molecule has 0 aromatic carbocycles. The Labute approximate surface area is 114 Å². The third-order valence-corrected chi connectivity index (χ3v) is 4.19. The number of carbonyl (C=O) groups excluding carboxylic acids is 1. The SMILES string of the molecule is NC(=S)C1CCCN(C(=O)CC2CCCCO2)C1. The van der Waals surface area contributed by atoms with Crippen LogP contribution in [0.15, 0.2) is 0 Å². The summed E-state index contributed by atoms with van der Waals surface area (Å²) in [6, 6.07) is 0. The van der Waals surface area contributed by atoms with Gasteiger partial charge in [0.25, 0.3) is 0 Å². The number of piperidine rings is 1. The van der Waals surface area contributed by atoms with Gasteiger partial charge in [0.05, 0.1) is 17.5 Å². The Kier molecular flexibility index (Phi) is 4.95. The van der Waals surface area contributed by atoms with Gasteiger partial charge < -0.3 is 15.4 Å². The van der Waals surface area contributed by atoms with Crippen LogP contribution in [0.5, 0.6) is 0 Å². The molecule has 0 aromatic heterocycles. The fourth-order valence-electron chi connectivity index (χ4n) is 2.73. The molecule has 2 aliphatic rings. The summed E-state index contributed by atoms with van der Waals surface area (Å²) in [5, 5.41) is 0. The van der Waals surface area contributed by atoms with Crippen LogP contribution in [0.25, 0.3) is 0 Å². The summed E-state index contributed by atoms with van der Waals surface area (Å²) in [6.45, 7) is 2.33. The molecule has 0 aromatic rings. The standard InChI is InChI=1S/C13H22N2O2S/c14-13(18)10-4-3-6-15(9-10)12(16)8-11-5-1-2-7-17-11/h10-11H,1-9H2,(H2,14,18). The molecule has 0 bridgehead atoms. The Balaban J connectivity index is 1.82. The second-order valence-electron chi connectivity index (χ2n) is 5.27. The summed E-state index contributed by atoms with van der Waals surface area (Å²) >= 11 is 5.03. The van der Waals surface area contributed by atoms with Crippen LogP contribution in [0.3, 0.4) is 0 Å². The van der Waals surface area contributed by atoms with Crippen molar-refractivity contribution < 1.29 is 9.53 Å². The third kappa shape index (κ3) is 3.65. The number of nitrogens with zero attached hydrogens (tertiary/aromatic N) is 1. The Morgan fingerprint density at radius 3 is 2.83 bits per heavy atom. The third-order valence-electron chi connectivity index (χ3n) is 3.85. The molecule has 2 saturated heterocycles. The summed E-state index contributed by atoms with van der Waals surface area (Å²) in [4.78, 5) is 14.6. The van der Waals surface area contributed by atoms with Crippen molar-refractivity contribution in [2.45, 2.75) is 44.6 Å². The number of likely N-dealkylation sites (tertiary alicyclic amines) is 1. The van der Waals surface area contributed by atoms with E-state index in [9.17, 15) is 4.79 Å².